The predicted molar refractivity (Wildman–Crippen MR) is 82.3 cm³/mol. The Kier molecular flexibility index (Phi) is 4.23. The highest BCUT2D eigenvalue weighted by molar-refractivity contribution is 5.96. The molecule has 0 spiro atoms. The van der Waals surface area contributed by atoms with Crippen molar-refractivity contribution in [2.75, 3.05) is 0 Å². The van der Waals surface area contributed by atoms with E-state index < -0.39 is 5.97 Å². The lowest BCUT2D eigenvalue weighted by Crippen LogP contribution is -2.02. The predicted octanol–water partition coefficient (Wildman–Crippen LogP) is 4.49. The van der Waals surface area contributed by atoms with Crippen LogP contribution in [0.15, 0.2) is 36.4 Å². The summed E-state index contributed by atoms with van der Waals surface area (Å²) in [7, 11) is 0. The van der Waals surface area contributed by atoms with Crippen LogP contribution in [0.2, 0.25) is 0 Å². The van der Waals surface area contributed by atoms with Crippen molar-refractivity contribution in [3.05, 3.63) is 58.7 Å². The molecule has 20 heavy (non-hydrogen) atoms. The zero-order chi connectivity index (χ0) is 14.7. The normalized spacial score (nSPS) is 10.6. The Morgan fingerprint density at radius 3 is 2.35 bits per heavy atom. The molecule has 0 saturated heterocycles. The first kappa shape index (κ1) is 14.3. The Morgan fingerprint density at radius 2 is 1.75 bits per heavy atom. The van der Waals surface area contributed by atoms with Gasteiger partial charge >= 0.3 is 5.97 Å². The van der Waals surface area contributed by atoms with Gasteiger partial charge in [0.2, 0.25) is 0 Å². The minimum absolute atomic E-state index is 0.374. The van der Waals surface area contributed by atoms with Crippen molar-refractivity contribution in [2.24, 2.45) is 0 Å². The third-order valence-corrected chi connectivity index (χ3v) is 3.66. The number of carboxylic acids is 1. The summed E-state index contributed by atoms with van der Waals surface area (Å²) >= 11 is 0. The molecule has 0 aliphatic heterocycles. The largest absolute Gasteiger partial charge is 0.478 e. The Hall–Kier alpha value is -2.09. The summed E-state index contributed by atoms with van der Waals surface area (Å²) in [5.74, 6) is -0.871. The molecule has 2 nitrogen and oxygen atoms in total. The maximum atomic E-state index is 11.5. The smallest absolute Gasteiger partial charge is 0.336 e. The molecule has 1 N–H and O–H groups in total. The first-order valence-electron chi connectivity index (χ1n) is 7.03. The monoisotopic (exact) mass is 268 g/mol. The van der Waals surface area contributed by atoms with E-state index in [2.05, 4.69) is 32.0 Å². The molecule has 0 aliphatic carbocycles. The van der Waals surface area contributed by atoms with Crippen molar-refractivity contribution in [2.45, 2.75) is 33.6 Å². The van der Waals surface area contributed by atoms with Gasteiger partial charge in [-0.15, -0.1) is 0 Å². The molecule has 0 atom stereocenters. The maximum absolute atomic E-state index is 11.5. The van der Waals surface area contributed by atoms with Crippen molar-refractivity contribution in [1.29, 1.82) is 0 Å². The third kappa shape index (κ3) is 2.74. The van der Waals surface area contributed by atoms with Crippen LogP contribution in [-0.4, -0.2) is 11.1 Å². The van der Waals surface area contributed by atoms with Crippen LogP contribution in [0.5, 0.6) is 0 Å². The Morgan fingerprint density at radius 1 is 1.00 bits per heavy atom. The lowest BCUT2D eigenvalue weighted by Gasteiger charge is -2.13. The molecule has 2 aromatic carbocycles. The van der Waals surface area contributed by atoms with Gasteiger partial charge in [-0.3, -0.25) is 0 Å². The minimum atomic E-state index is -0.871. The van der Waals surface area contributed by atoms with Gasteiger partial charge in [-0.1, -0.05) is 49.7 Å². The lowest BCUT2D eigenvalue weighted by molar-refractivity contribution is 0.0697. The van der Waals surface area contributed by atoms with Gasteiger partial charge in [0.1, 0.15) is 0 Å². The molecule has 0 aliphatic rings. The van der Waals surface area contributed by atoms with Gasteiger partial charge in [0.15, 0.2) is 0 Å². The molecule has 104 valence electrons. The van der Waals surface area contributed by atoms with Crippen molar-refractivity contribution in [3.8, 4) is 11.1 Å². The van der Waals surface area contributed by atoms with Gasteiger partial charge in [-0.05, 0) is 48.1 Å². The van der Waals surface area contributed by atoms with Crippen molar-refractivity contribution in [3.63, 3.8) is 0 Å². The summed E-state index contributed by atoms with van der Waals surface area (Å²) in [6.45, 7) is 6.20. The molecule has 0 amide bonds. The summed E-state index contributed by atoms with van der Waals surface area (Å²) in [6, 6.07) is 11.9. The van der Waals surface area contributed by atoms with Crippen LogP contribution in [0.1, 0.15) is 40.9 Å². The summed E-state index contributed by atoms with van der Waals surface area (Å²) in [6.07, 6.45) is 1.84. The molecule has 0 radical (unpaired) electrons. The molecule has 0 unspecified atom stereocenters. The summed E-state index contributed by atoms with van der Waals surface area (Å²) in [5.41, 5.74) is 5.75. The van der Waals surface area contributed by atoms with Crippen LogP contribution in [0, 0.1) is 6.92 Å². The van der Waals surface area contributed by atoms with E-state index in [4.69, 9.17) is 0 Å². The Labute approximate surface area is 120 Å². The van der Waals surface area contributed by atoms with Crippen LogP contribution >= 0.6 is 0 Å². The summed E-state index contributed by atoms with van der Waals surface area (Å²) < 4.78 is 0. The number of benzene rings is 2. The topological polar surface area (TPSA) is 37.3 Å². The van der Waals surface area contributed by atoms with E-state index >= 15 is 0 Å². The number of aryl methyl sites for hydroxylation is 3. The molecule has 2 rings (SSSR count). The molecule has 0 bridgehead atoms. The standard InChI is InChI=1S/C18H20O2/c1-4-13-7-8-14(5-2)16(11-13)17-10-12(3)6-9-15(17)18(19)20/h6-11H,4-5H2,1-3H3,(H,19,20). The second-order valence-electron chi connectivity index (χ2n) is 5.05. The molecule has 0 aromatic heterocycles. The Balaban J connectivity index is 2.72. The van der Waals surface area contributed by atoms with Crippen LogP contribution < -0.4 is 0 Å². The van der Waals surface area contributed by atoms with Crippen molar-refractivity contribution < 1.29 is 9.90 Å². The number of hydrogen-bond donors (Lipinski definition) is 1. The van der Waals surface area contributed by atoms with Crippen LogP contribution in [0.25, 0.3) is 11.1 Å². The van der Waals surface area contributed by atoms with E-state index in [1.165, 1.54) is 11.1 Å². The SMILES string of the molecule is CCc1ccc(CC)c(-c2cc(C)ccc2C(=O)O)c1. The van der Waals surface area contributed by atoms with Gasteiger partial charge in [0, 0.05) is 0 Å². The number of carbonyl (C=O) groups is 1. The zero-order valence-electron chi connectivity index (χ0n) is 12.2. The molecule has 0 fully saturated rings. The fourth-order valence-electron chi connectivity index (χ4n) is 2.47. The van der Waals surface area contributed by atoms with E-state index in [1.54, 1.807) is 6.07 Å². The molecule has 0 heterocycles. The lowest BCUT2D eigenvalue weighted by atomic mass is 9.91. The van der Waals surface area contributed by atoms with Gasteiger partial charge < -0.3 is 5.11 Å². The fraction of sp³-hybridized carbons (Fsp3) is 0.278. The van der Waals surface area contributed by atoms with Crippen molar-refractivity contribution in [1.82, 2.24) is 0 Å². The van der Waals surface area contributed by atoms with E-state index in [0.29, 0.717) is 5.56 Å². The number of carboxylic acid groups (broad SMARTS) is 1. The second-order valence-corrected chi connectivity index (χ2v) is 5.05. The van der Waals surface area contributed by atoms with Gasteiger partial charge in [-0.25, -0.2) is 4.79 Å². The average Bonchev–Trinajstić information content (AvgIpc) is 2.46. The van der Waals surface area contributed by atoms with E-state index in [0.717, 1.165) is 29.5 Å². The fourth-order valence-corrected chi connectivity index (χ4v) is 2.47. The highest BCUT2D eigenvalue weighted by Crippen LogP contribution is 2.30. The second kappa shape index (κ2) is 5.91. The van der Waals surface area contributed by atoms with E-state index in [-0.39, 0.29) is 0 Å². The molecular formula is C18H20O2. The van der Waals surface area contributed by atoms with Crippen LogP contribution in [-0.2, 0) is 12.8 Å². The van der Waals surface area contributed by atoms with E-state index in [1.807, 2.05) is 19.1 Å². The molecule has 2 aromatic rings. The van der Waals surface area contributed by atoms with Gasteiger partial charge in [-0.2, -0.15) is 0 Å². The van der Waals surface area contributed by atoms with Crippen molar-refractivity contribution >= 4 is 5.97 Å². The number of aromatic carboxylic acids is 1. The first-order chi connectivity index (χ1) is 9.56. The summed E-state index contributed by atoms with van der Waals surface area (Å²) in [5, 5.41) is 9.41. The zero-order valence-corrected chi connectivity index (χ0v) is 12.2. The van der Waals surface area contributed by atoms with Crippen LogP contribution in [0.3, 0.4) is 0 Å². The minimum Gasteiger partial charge on any atom is -0.478 e. The summed E-state index contributed by atoms with van der Waals surface area (Å²) in [4.78, 5) is 11.5. The molecular weight excluding hydrogens is 248 g/mol. The third-order valence-electron chi connectivity index (χ3n) is 3.66. The maximum Gasteiger partial charge on any atom is 0.336 e. The quantitative estimate of drug-likeness (QED) is 0.887. The number of rotatable bonds is 4. The molecule has 0 saturated carbocycles. The van der Waals surface area contributed by atoms with Crippen LogP contribution in [0.4, 0.5) is 0 Å². The van der Waals surface area contributed by atoms with Gasteiger partial charge in [0.05, 0.1) is 5.56 Å². The van der Waals surface area contributed by atoms with E-state index in [9.17, 15) is 9.90 Å². The highest BCUT2D eigenvalue weighted by Gasteiger charge is 2.14. The molecule has 2 heteroatoms. The highest BCUT2D eigenvalue weighted by atomic mass is 16.4. The Bertz CT molecular complexity index is 642. The van der Waals surface area contributed by atoms with Gasteiger partial charge in [0.25, 0.3) is 0 Å². The average molecular weight is 268 g/mol. The number of hydrogen-bond acceptors (Lipinski definition) is 1. The first-order valence-corrected chi connectivity index (χ1v) is 7.03.